The Balaban J connectivity index is 2.55. The molecular formula is C16H25ClN4O. The van der Waals surface area contributed by atoms with E-state index in [1.54, 1.807) is 7.05 Å². The molecule has 0 spiro atoms. The zero-order valence-electron chi connectivity index (χ0n) is 13.9. The van der Waals surface area contributed by atoms with E-state index in [4.69, 9.17) is 11.6 Å². The number of carbonyl (C=O) groups is 1. The summed E-state index contributed by atoms with van der Waals surface area (Å²) in [5.41, 5.74) is 0.840. The van der Waals surface area contributed by atoms with Crippen LogP contribution < -0.4 is 10.6 Å². The largest absolute Gasteiger partial charge is 0.350 e. The molecular weight excluding hydrogens is 300 g/mol. The maximum Gasteiger partial charge on any atom is 0.239 e. The lowest BCUT2D eigenvalue weighted by atomic mass is 10.1. The lowest BCUT2D eigenvalue weighted by molar-refractivity contribution is -0.121. The fourth-order valence-corrected chi connectivity index (χ4v) is 2.20. The second-order valence-electron chi connectivity index (χ2n) is 6.18. The first-order chi connectivity index (χ1) is 10.2. The molecule has 0 heterocycles. The Kier molecular flexibility index (Phi) is 6.68. The number of nitrogens with one attached hydrogen (secondary N) is 2. The first-order valence-electron chi connectivity index (χ1n) is 7.18. The molecule has 1 aromatic rings. The zero-order chi connectivity index (χ0) is 16.8. The van der Waals surface area contributed by atoms with Crippen molar-refractivity contribution >= 4 is 23.5 Å². The van der Waals surface area contributed by atoms with Gasteiger partial charge in [-0.05, 0) is 38.5 Å². The van der Waals surface area contributed by atoms with E-state index in [1.165, 1.54) is 0 Å². The molecule has 0 aliphatic heterocycles. The van der Waals surface area contributed by atoms with Crippen molar-refractivity contribution in [3.05, 3.63) is 34.9 Å². The number of carbonyl (C=O) groups excluding carboxylic acids is 1. The molecule has 0 saturated heterocycles. The molecule has 22 heavy (non-hydrogen) atoms. The van der Waals surface area contributed by atoms with Crippen molar-refractivity contribution in [3.63, 3.8) is 0 Å². The predicted molar refractivity (Wildman–Crippen MR) is 92.2 cm³/mol. The molecule has 1 rings (SSSR count). The van der Waals surface area contributed by atoms with Gasteiger partial charge in [0.15, 0.2) is 5.96 Å². The minimum Gasteiger partial charge on any atom is -0.350 e. The van der Waals surface area contributed by atoms with Gasteiger partial charge >= 0.3 is 0 Å². The van der Waals surface area contributed by atoms with Gasteiger partial charge in [0.2, 0.25) is 5.91 Å². The fourth-order valence-electron chi connectivity index (χ4n) is 1.99. The molecule has 0 aliphatic carbocycles. The highest BCUT2D eigenvalue weighted by Gasteiger charge is 2.14. The topological polar surface area (TPSA) is 56.7 Å². The summed E-state index contributed by atoms with van der Waals surface area (Å²) in [6.45, 7) is 6.69. The predicted octanol–water partition coefficient (Wildman–Crippen LogP) is 2.26. The van der Waals surface area contributed by atoms with Gasteiger partial charge < -0.3 is 15.5 Å². The highest BCUT2D eigenvalue weighted by Crippen LogP contribution is 2.12. The van der Waals surface area contributed by atoms with Crippen LogP contribution in [0.1, 0.15) is 26.3 Å². The van der Waals surface area contributed by atoms with E-state index in [0.29, 0.717) is 17.5 Å². The number of hydrogen-bond acceptors (Lipinski definition) is 2. The minimum atomic E-state index is -0.241. The maximum absolute atomic E-state index is 11.8. The molecule has 0 radical (unpaired) electrons. The van der Waals surface area contributed by atoms with Crippen LogP contribution in [0.15, 0.2) is 29.3 Å². The summed E-state index contributed by atoms with van der Waals surface area (Å²) in [5.74, 6) is 0.592. The van der Waals surface area contributed by atoms with Crippen LogP contribution in [-0.4, -0.2) is 42.9 Å². The molecule has 0 aromatic heterocycles. The second-order valence-corrected chi connectivity index (χ2v) is 6.62. The zero-order valence-corrected chi connectivity index (χ0v) is 14.7. The fraction of sp³-hybridized carbons (Fsp3) is 0.500. The molecule has 2 N–H and O–H groups in total. The van der Waals surface area contributed by atoms with E-state index < -0.39 is 0 Å². The molecule has 0 fully saturated rings. The number of benzene rings is 1. The second kappa shape index (κ2) is 8.03. The van der Waals surface area contributed by atoms with Gasteiger partial charge in [-0.15, -0.1) is 0 Å². The van der Waals surface area contributed by atoms with Crippen LogP contribution in [0.4, 0.5) is 0 Å². The number of guanidine groups is 1. The molecule has 1 amide bonds. The maximum atomic E-state index is 11.8. The summed E-state index contributed by atoms with van der Waals surface area (Å²) in [4.78, 5) is 18.0. The van der Waals surface area contributed by atoms with E-state index in [2.05, 4.69) is 15.6 Å². The summed E-state index contributed by atoms with van der Waals surface area (Å²) in [6, 6.07) is 7.67. The Hall–Kier alpha value is -1.75. The van der Waals surface area contributed by atoms with Gasteiger partial charge in [-0.3, -0.25) is 9.79 Å². The first kappa shape index (κ1) is 18.3. The lowest BCUT2D eigenvalue weighted by Crippen LogP contribution is -2.48. The standard InChI is InChI=1S/C16H25ClN4O/c1-16(2,3)20-14(22)10-19-15(18-4)21(5)11-12-7-6-8-13(17)9-12/h6-9H,10-11H2,1-5H3,(H,18,19)(H,20,22). The molecule has 6 heteroatoms. The van der Waals surface area contributed by atoms with E-state index >= 15 is 0 Å². The summed E-state index contributed by atoms with van der Waals surface area (Å²) >= 11 is 5.99. The number of rotatable bonds is 4. The van der Waals surface area contributed by atoms with Gasteiger partial charge in [-0.1, -0.05) is 23.7 Å². The van der Waals surface area contributed by atoms with E-state index in [-0.39, 0.29) is 18.0 Å². The quantitative estimate of drug-likeness (QED) is 0.660. The van der Waals surface area contributed by atoms with Crippen LogP contribution in [0.3, 0.4) is 0 Å². The molecule has 0 bridgehead atoms. The molecule has 5 nitrogen and oxygen atoms in total. The number of hydrogen-bond donors (Lipinski definition) is 2. The Labute approximate surface area is 137 Å². The van der Waals surface area contributed by atoms with Crippen LogP contribution in [0, 0.1) is 0 Å². The van der Waals surface area contributed by atoms with Crippen molar-refractivity contribution in [2.75, 3.05) is 20.6 Å². The Morgan fingerprint density at radius 2 is 2.05 bits per heavy atom. The van der Waals surface area contributed by atoms with Crippen molar-refractivity contribution in [1.82, 2.24) is 15.5 Å². The van der Waals surface area contributed by atoms with Gasteiger partial charge in [0.05, 0.1) is 6.54 Å². The average Bonchev–Trinajstić information content (AvgIpc) is 2.37. The van der Waals surface area contributed by atoms with Crippen LogP contribution in [-0.2, 0) is 11.3 Å². The van der Waals surface area contributed by atoms with Crippen molar-refractivity contribution in [2.24, 2.45) is 4.99 Å². The molecule has 122 valence electrons. The Morgan fingerprint density at radius 3 is 2.59 bits per heavy atom. The molecule has 1 aromatic carbocycles. The van der Waals surface area contributed by atoms with E-state index in [9.17, 15) is 4.79 Å². The monoisotopic (exact) mass is 324 g/mol. The molecule has 0 saturated carbocycles. The minimum absolute atomic E-state index is 0.0650. The van der Waals surface area contributed by atoms with E-state index in [1.807, 2.05) is 57.0 Å². The van der Waals surface area contributed by atoms with Crippen LogP contribution in [0.25, 0.3) is 0 Å². The van der Waals surface area contributed by atoms with Gasteiger partial charge in [0, 0.05) is 31.2 Å². The highest BCUT2D eigenvalue weighted by molar-refractivity contribution is 6.30. The third-order valence-electron chi connectivity index (χ3n) is 2.80. The summed E-state index contributed by atoms with van der Waals surface area (Å²) < 4.78 is 0. The Bertz CT molecular complexity index is 537. The van der Waals surface area contributed by atoms with Gasteiger partial charge in [0.1, 0.15) is 0 Å². The van der Waals surface area contributed by atoms with Crippen molar-refractivity contribution in [2.45, 2.75) is 32.9 Å². The molecule has 0 unspecified atom stereocenters. The molecule has 0 atom stereocenters. The SMILES string of the molecule is CN=C(NCC(=O)NC(C)(C)C)N(C)Cc1cccc(Cl)c1. The summed E-state index contributed by atoms with van der Waals surface area (Å²) in [7, 11) is 3.61. The summed E-state index contributed by atoms with van der Waals surface area (Å²) in [6.07, 6.45) is 0. The van der Waals surface area contributed by atoms with E-state index in [0.717, 1.165) is 5.56 Å². The number of aliphatic imine (C=N–C) groups is 1. The summed E-state index contributed by atoms with van der Waals surface area (Å²) in [5, 5.41) is 6.67. The van der Waals surface area contributed by atoms with Gasteiger partial charge in [0.25, 0.3) is 0 Å². The van der Waals surface area contributed by atoms with Gasteiger partial charge in [-0.25, -0.2) is 0 Å². The van der Waals surface area contributed by atoms with Crippen LogP contribution in [0.5, 0.6) is 0 Å². The average molecular weight is 325 g/mol. The van der Waals surface area contributed by atoms with Crippen LogP contribution in [0.2, 0.25) is 5.02 Å². The highest BCUT2D eigenvalue weighted by atomic mass is 35.5. The molecule has 0 aliphatic rings. The third kappa shape index (κ3) is 6.80. The van der Waals surface area contributed by atoms with Crippen LogP contribution >= 0.6 is 11.6 Å². The third-order valence-corrected chi connectivity index (χ3v) is 3.04. The van der Waals surface area contributed by atoms with Crippen molar-refractivity contribution < 1.29 is 4.79 Å². The van der Waals surface area contributed by atoms with Crippen molar-refractivity contribution in [3.8, 4) is 0 Å². The number of nitrogens with zero attached hydrogens (tertiary/aromatic N) is 2. The number of amides is 1. The smallest absolute Gasteiger partial charge is 0.239 e. The Morgan fingerprint density at radius 1 is 1.36 bits per heavy atom. The lowest BCUT2D eigenvalue weighted by Gasteiger charge is -2.24. The van der Waals surface area contributed by atoms with Crippen molar-refractivity contribution in [1.29, 1.82) is 0 Å². The van der Waals surface area contributed by atoms with Gasteiger partial charge in [-0.2, -0.15) is 0 Å². The first-order valence-corrected chi connectivity index (χ1v) is 7.56. The number of halogens is 1. The normalized spacial score (nSPS) is 12.0.